The molecule has 0 aliphatic heterocycles. The second-order valence-corrected chi connectivity index (χ2v) is 4.31. The van der Waals surface area contributed by atoms with E-state index in [4.69, 9.17) is 9.84 Å². The van der Waals surface area contributed by atoms with Gasteiger partial charge in [-0.3, -0.25) is 9.20 Å². The normalized spacial score (nSPS) is 12.5. The number of rotatable bonds is 4. The summed E-state index contributed by atoms with van der Waals surface area (Å²) in [5.41, 5.74) is 1.68. The number of aliphatic carboxylic acids is 1. The smallest absolute Gasteiger partial charge is 0.332 e. The van der Waals surface area contributed by atoms with Crippen molar-refractivity contribution in [2.24, 2.45) is 0 Å². The van der Waals surface area contributed by atoms with E-state index in [1.807, 2.05) is 13.0 Å². The Balaban J connectivity index is 2.29. The number of carboxylic acid groups (broad SMARTS) is 1. The number of fused-ring (bicyclic) bond motifs is 1. The van der Waals surface area contributed by atoms with Crippen LogP contribution in [0, 0.1) is 6.92 Å². The molecule has 2 rings (SSSR count). The predicted molar refractivity (Wildman–Crippen MR) is 68.1 cm³/mol. The number of hydrogen-bond acceptors (Lipinski definition) is 4. The van der Waals surface area contributed by atoms with Crippen LogP contribution in [0.3, 0.4) is 0 Å². The predicted octanol–water partition coefficient (Wildman–Crippen LogP) is 0.993. The second-order valence-electron chi connectivity index (χ2n) is 4.31. The topological polar surface area (TPSA) is 80.9 Å². The maximum absolute atomic E-state index is 11.9. The zero-order valence-electron chi connectivity index (χ0n) is 10.7. The largest absolute Gasteiger partial charge is 0.479 e. The van der Waals surface area contributed by atoms with Crippen molar-refractivity contribution < 1.29 is 14.6 Å². The first kappa shape index (κ1) is 13.2. The maximum atomic E-state index is 11.9. The number of carbonyl (C=O) groups is 1. The van der Waals surface area contributed by atoms with Crippen LogP contribution in [0.25, 0.3) is 5.65 Å². The van der Waals surface area contributed by atoms with Crippen LogP contribution in [0.5, 0.6) is 0 Å². The molecule has 2 heterocycles. The summed E-state index contributed by atoms with van der Waals surface area (Å²) < 4.78 is 6.55. The Kier molecular flexibility index (Phi) is 3.62. The van der Waals surface area contributed by atoms with Crippen molar-refractivity contribution in [2.45, 2.75) is 26.6 Å². The Labute approximate surface area is 109 Å². The molecule has 0 unspecified atom stereocenters. The van der Waals surface area contributed by atoms with Gasteiger partial charge >= 0.3 is 5.97 Å². The Bertz CT molecular complexity index is 678. The zero-order chi connectivity index (χ0) is 14.0. The third kappa shape index (κ3) is 2.97. The highest BCUT2D eigenvalue weighted by molar-refractivity contribution is 5.71. The lowest BCUT2D eigenvalue weighted by Crippen LogP contribution is -2.21. The molecule has 0 saturated carbocycles. The van der Waals surface area contributed by atoms with E-state index >= 15 is 0 Å². The van der Waals surface area contributed by atoms with E-state index in [1.54, 1.807) is 12.3 Å². The molecule has 6 heteroatoms. The SMILES string of the molecule is Cc1ccc2nc(CO[C@H](C)C(=O)O)cc(=O)n2c1. The average molecular weight is 262 g/mol. The summed E-state index contributed by atoms with van der Waals surface area (Å²) in [5, 5.41) is 8.71. The molecule has 0 saturated heterocycles. The van der Waals surface area contributed by atoms with Crippen LogP contribution in [0.4, 0.5) is 0 Å². The fourth-order valence-corrected chi connectivity index (χ4v) is 1.61. The van der Waals surface area contributed by atoms with Gasteiger partial charge in [-0.15, -0.1) is 0 Å². The number of pyridine rings is 1. The molecule has 0 aliphatic carbocycles. The van der Waals surface area contributed by atoms with Crippen molar-refractivity contribution in [3.63, 3.8) is 0 Å². The molecule has 100 valence electrons. The molecule has 0 aliphatic rings. The van der Waals surface area contributed by atoms with Gasteiger partial charge in [0.05, 0.1) is 12.3 Å². The number of aryl methyl sites for hydroxylation is 1. The average Bonchev–Trinajstić information content (AvgIpc) is 2.36. The van der Waals surface area contributed by atoms with Crippen molar-refractivity contribution in [1.29, 1.82) is 0 Å². The molecule has 19 heavy (non-hydrogen) atoms. The molecule has 0 aromatic carbocycles. The van der Waals surface area contributed by atoms with Crippen molar-refractivity contribution in [2.75, 3.05) is 0 Å². The summed E-state index contributed by atoms with van der Waals surface area (Å²) in [4.78, 5) is 26.8. The fourth-order valence-electron chi connectivity index (χ4n) is 1.61. The lowest BCUT2D eigenvalue weighted by atomic mass is 10.3. The Morgan fingerprint density at radius 1 is 1.53 bits per heavy atom. The molecule has 0 amide bonds. The van der Waals surface area contributed by atoms with Gasteiger partial charge in [-0.2, -0.15) is 0 Å². The summed E-state index contributed by atoms with van der Waals surface area (Å²) >= 11 is 0. The van der Waals surface area contributed by atoms with Crippen molar-refractivity contribution in [1.82, 2.24) is 9.38 Å². The van der Waals surface area contributed by atoms with Crippen LogP contribution in [-0.2, 0) is 16.1 Å². The first-order valence-corrected chi connectivity index (χ1v) is 5.81. The van der Waals surface area contributed by atoms with Gasteiger partial charge in [0.1, 0.15) is 5.65 Å². The number of hydrogen-bond donors (Lipinski definition) is 1. The van der Waals surface area contributed by atoms with Crippen LogP contribution >= 0.6 is 0 Å². The fraction of sp³-hybridized carbons (Fsp3) is 0.308. The first-order valence-electron chi connectivity index (χ1n) is 5.81. The summed E-state index contributed by atoms with van der Waals surface area (Å²) in [6.45, 7) is 3.31. The van der Waals surface area contributed by atoms with Crippen LogP contribution < -0.4 is 5.56 Å². The van der Waals surface area contributed by atoms with Crippen LogP contribution in [-0.4, -0.2) is 26.6 Å². The molecular formula is C13H14N2O4. The van der Waals surface area contributed by atoms with Gasteiger partial charge in [-0.25, -0.2) is 9.78 Å². The van der Waals surface area contributed by atoms with Crippen LogP contribution in [0.2, 0.25) is 0 Å². The van der Waals surface area contributed by atoms with E-state index in [1.165, 1.54) is 17.4 Å². The third-order valence-electron chi connectivity index (χ3n) is 2.69. The molecule has 0 radical (unpaired) electrons. The Morgan fingerprint density at radius 3 is 2.95 bits per heavy atom. The highest BCUT2D eigenvalue weighted by Gasteiger charge is 2.12. The van der Waals surface area contributed by atoms with E-state index in [9.17, 15) is 9.59 Å². The number of carboxylic acids is 1. The highest BCUT2D eigenvalue weighted by Crippen LogP contribution is 2.04. The summed E-state index contributed by atoms with van der Waals surface area (Å²) in [6, 6.07) is 4.94. The molecule has 0 fully saturated rings. The number of ether oxygens (including phenoxy) is 1. The van der Waals surface area contributed by atoms with E-state index in [0.29, 0.717) is 11.3 Å². The van der Waals surface area contributed by atoms with E-state index in [0.717, 1.165) is 5.56 Å². The van der Waals surface area contributed by atoms with E-state index in [-0.39, 0.29) is 12.2 Å². The van der Waals surface area contributed by atoms with Gasteiger partial charge in [-0.05, 0) is 25.5 Å². The molecule has 0 spiro atoms. The molecule has 2 aromatic rings. The summed E-state index contributed by atoms with van der Waals surface area (Å²) in [6.07, 6.45) is 0.771. The van der Waals surface area contributed by atoms with Gasteiger partial charge in [0, 0.05) is 12.3 Å². The zero-order valence-corrected chi connectivity index (χ0v) is 10.7. The van der Waals surface area contributed by atoms with Crippen LogP contribution in [0.1, 0.15) is 18.2 Å². The molecule has 6 nitrogen and oxygen atoms in total. The molecule has 0 bridgehead atoms. The summed E-state index contributed by atoms with van der Waals surface area (Å²) in [5.74, 6) is -1.05. The maximum Gasteiger partial charge on any atom is 0.332 e. The molecule has 1 N–H and O–H groups in total. The van der Waals surface area contributed by atoms with Crippen molar-refractivity contribution >= 4 is 11.6 Å². The lowest BCUT2D eigenvalue weighted by molar-refractivity contribution is -0.149. The number of aromatic nitrogens is 2. The molecule has 1 atom stereocenters. The van der Waals surface area contributed by atoms with Crippen LogP contribution in [0.15, 0.2) is 29.2 Å². The van der Waals surface area contributed by atoms with Gasteiger partial charge in [0.2, 0.25) is 0 Å². The minimum absolute atomic E-state index is 0.00686. The van der Waals surface area contributed by atoms with Gasteiger partial charge in [0.15, 0.2) is 6.10 Å². The summed E-state index contributed by atoms with van der Waals surface area (Å²) in [7, 11) is 0. The highest BCUT2D eigenvalue weighted by atomic mass is 16.5. The quantitative estimate of drug-likeness (QED) is 0.888. The van der Waals surface area contributed by atoms with Gasteiger partial charge < -0.3 is 9.84 Å². The second kappa shape index (κ2) is 5.19. The van der Waals surface area contributed by atoms with E-state index < -0.39 is 12.1 Å². The molecule has 2 aromatic heterocycles. The third-order valence-corrected chi connectivity index (χ3v) is 2.69. The Morgan fingerprint density at radius 2 is 2.26 bits per heavy atom. The first-order chi connectivity index (χ1) is 8.97. The number of nitrogens with zero attached hydrogens (tertiary/aromatic N) is 2. The standard InChI is InChI=1S/C13H14N2O4/c1-8-3-4-11-14-10(5-12(16)15(11)6-8)7-19-9(2)13(17)18/h3-6,9H,7H2,1-2H3,(H,17,18)/t9-/m1/s1. The monoisotopic (exact) mass is 262 g/mol. The lowest BCUT2D eigenvalue weighted by Gasteiger charge is -2.08. The van der Waals surface area contributed by atoms with E-state index in [2.05, 4.69) is 4.98 Å². The minimum atomic E-state index is -1.05. The van der Waals surface area contributed by atoms with Crippen molar-refractivity contribution in [3.8, 4) is 0 Å². The Hall–Kier alpha value is -2.21. The minimum Gasteiger partial charge on any atom is -0.479 e. The molecular weight excluding hydrogens is 248 g/mol. The van der Waals surface area contributed by atoms with Gasteiger partial charge in [-0.1, -0.05) is 6.07 Å². The van der Waals surface area contributed by atoms with Crippen molar-refractivity contribution in [3.05, 3.63) is 46.0 Å². The van der Waals surface area contributed by atoms with Gasteiger partial charge in [0.25, 0.3) is 5.56 Å².